The first-order valence-corrected chi connectivity index (χ1v) is 12.3. The second-order valence-corrected chi connectivity index (χ2v) is 10.3. The number of piperazine rings is 1. The number of methoxy groups -OCH3 is 1. The molecule has 3 aliphatic rings. The number of amides is 2. The molecule has 1 aromatic carbocycles. The fraction of sp³-hybridized carbons (Fsp3) is 0.619. The molecule has 2 amide bonds. The van der Waals surface area contributed by atoms with Crippen LogP contribution in [0.1, 0.15) is 36.0 Å². The fourth-order valence-corrected chi connectivity index (χ4v) is 5.77. The van der Waals surface area contributed by atoms with Gasteiger partial charge in [0.15, 0.2) is 0 Å². The molecule has 0 atom stereocenters. The van der Waals surface area contributed by atoms with Crippen molar-refractivity contribution in [2.24, 2.45) is 0 Å². The maximum absolute atomic E-state index is 13.1. The zero-order valence-electron chi connectivity index (χ0n) is 17.9. The summed E-state index contributed by atoms with van der Waals surface area (Å²) < 4.78 is 32.9. The van der Waals surface area contributed by atoms with Crippen molar-refractivity contribution >= 4 is 21.8 Å². The number of hydrogen-bond acceptors (Lipinski definition) is 6. The minimum atomic E-state index is -3.71. The summed E-state index contributed by atoms with van der Waals surface area (Å²) in [7, 11) is -2.28. The fourth-order valence-electron chi connectivity index (χ4n) is 4.07. The third-order valence-electron chi connectivity index (χ3n) is 6.06. The van der Waals surface area contributed by atoms with E-state index in [1.165, 1.54) is 17.5 Å². The topological polar surface area (TPSA) is 99.3 Å². The van der Waals surface area contributed by atoms with Gasteiger partial charge in [-0.15, -0.1) is 0 Å². The Kier molecular flexibility index (Phi) is 6.49. The lowest BCUT2D eigenvalue weighted by Crippen LogP contribution is -2.51. The number of ether oxygens (including phenoxy) is 1. The first-order valence-electron chi connectivity index (χ1n) is 10.9. The van der Waals surface area contributed by atoms with Gasteiger partial charge < -0.3 is 15.0 Å². The van der Waals surface area contributed by atoms with Gasteiger partial charge in [0.2, 0.25) is 15.9 Å². The first kappa shape index (κ1) is 22.0. The van der Waals surface area contributed by atoms with E-state index in [0.717, 1.165) is 25.7 Å². The number of nitrogens with zero attached hydrogens (tertiary/aromatic N) is 3. The van der Waals surface area contributed by atoms with E-state index in [1.807, 2.05) is 4.90 Å². The van der Waals surface area contributed by atoms with Crippen LogP contribution in [0.25, 0.3) is 0 Å². The number of carbonyl (C=O) groups is 2. The SMILES string of the molecule is COc1ccc(C(=O)N2CCN(CC(=O)NC3CC3)CC2)cc1S(=O)(=O)N1CCCC1. The van der Waals surface area contributed by atoms with E-state index in [1.54, 1.807) is 17.0 Å². The maximum Gasteiger partial charge on any atom is 0.253 e. The lowest BCUT2D eigenvalue weighted by Gasteiger charge is -2.34. The number of sulfonamides is 1. The van der Waals surface area contributed by atoms with Gasteiger partial charge in [0, 0.05) is 50.9 Å². The highest BCUT2D eigenvalue weighted by Gasteiger charge is 2.32. The van der Waals surface area contributed by atoms with E-state index in [4.69, 9.17) is 4.74 Å². The van der Waals surface area contributed by atoms with Gasteiger partial charge in [-0.1, -0.05) is 0 Å². The van der Waals surface area contributed by atoms with Crippen molar-refractivity contribution in [1.82, 2.24) is 19.4 Å². The highest BCUT2D eigenvalue weighted by Crippen LogP contribution is 2.30. The maximum atomic E-state index is 13.1. The molecule has 0 radical (unpaired) electrons. The zero-order valence-corrected chi connectivity index (χ0v) is 18.7. The summed E-state index contributed by atoms with van der Waals surface area (Å²) in [5, 5.41) is 2.98. The van der Waals surface area contributed by atoms with E-state index >= 15 is 0 Å². The number of hydrogen-bond donors (Lipinski definition) is 1. The van der Waals surface area contributed by atoms with Crippen LogP contribution < -0.4 is 10.1 Å². The monoisotopic (exact) mass is 450 g/mol. The Morgan fingerprint density at radius 1 is 1.06 bits per heavy atom. The minimum absolute atomic E-state index is 0.0363. The Morgan fingerprint density at radius 2 is 1.74 bits per heavy atom. The molecule has 1 N–H and O–H groups in total. The molecule has 1 aromatic rings. The molecule has 0 aromatic heterocycles. The smallest absolute Gasteiger partial charge is 0.253 e. The van der Waals surface area contributed by atoms with Crippen molar-refractivity contribution in [3.8, 4) is 5.75 Å². The first-order chi connectivity index (χ1) is 14.9. The molecule has 2 heterocycles. The van der Waals surface area contributed by atoms with Gasteiger partial charge in [0.05, 0.1) is 13.7 Å². The Labute approximate surface area is 183 Å². The van der Waals surface area contributed by atoms with Crippen molar-refractivity contribution < 1.29 is 22.7 Å². The second-order valence-electron chi connectivity index (χ2n) is 8.39. The number of nitrogens with one attached hydrogen (secondary N) is 1. The van der Waals surface area contributed by atoms with Crippen LogP contribution in [-0.4, -0.2) is 93.3 Å². The molecular formula is C21H30N4O5S. The Bertz CT molecular complexity index is 933. The van der Waals surface area contributed by atoms with Crippen molar-refractivity contribution in [1.29, 1.82) is 0 Å². The lowest BCUT2D eigenvalue weighted by atomic mass is 10.1. The molecule has 10 heteroatoms. The summed E-state index contributed by atoms with van der Waals surface area (Å²) in [5.74, 6) is 0.0757. The van der Waals surface area contributed by atoms with Crippen LogP contribution in [-0.2, 0) is 14.8 Å². The van der Waals surface area contributed by atoms with E-state index in [9.17, 15) is 18.0 Å². The van der Waals surface area contributed by atoms with Gasteiger partial charge in [-0.05, 0) is 43.9 Å². The summed E-state index contributed by atoms with van der Waals surface area (Å²) >= 11 is 0. The molecule has 2 saturated heterocycles. The van der Waals surface area contributed by atoms with Crippen LogP contribution in [0.5, 0.6) is 5.75 Å². The summed E-state index contributed by atoms with van der Waals surface area (Å²) in [4.78, 5) is 28.8. The predicted octanol–water partition coefficient (Wildman–Crippen LogP) is 0.516. The summed E-state index contributed by atoms with van der Waals surface area (Å²) in [6, 6.07) is 4.94. The Balaban J connectivity index is 1.42. The molecule has 4 rings (SSSR count). The van der Waals surface area contributed by atoms with Crippen molar-refractivity contribution in [2.45, 2.75) is 36.6 Å². The standard InChI is InChI=1S/C21H30N4O5S/c1-30-18-7-4-16(14-19(18)31(28,29)25-8-2-3-9-25)21(27)24-12-10-23(11-13-24)15-20(26)22-17-5-6-17/h4,7,14,17H,2-3,5-6,8-13,15H2,1H3,(H,22,26). The van der Waals surface area contributed by atoms with Crippen molar-refractivity contribution in [2.75, 3.05) is 52.9 Å². The molecule has 170 valence electrons. The Morgan fingerprint density at radius 3 is 2.35 bits per heavy atom. The molecule has 0 unspecified atom stereocenters. The van der Waals surface area contributed by atoms with Crippen molar-refractivity contribution in [3.63, 3.8) is 0 Å². The van der Waals surface area contributed by atoms with Gasteiger partial charge in [-0.2, -0.15) is 4.31 Å². The summed E-state index contributed by atoms with van der Waals surface area (Å²) in [5.41, 5.74) is 0.332. The molecule has 3 fully saturated rings. The number of carbonyl (C=O) groups excluding carboxylic acids is 2. The summed E-state index contributed by atoms with van der Waals surface area (Å²) in [6.07, 6.45) is 3.79. The molecule has 9 nitrogen and oxygen atoms in total. The number of benzene rings is 1. The molecule has 2 aliphatic heterocycles. The molecular weight excluding hydrogens is 420 g/mol. The van der Waals surface area contributed by atoms with Gasteiger partial charge >= 0.3 is 0 Å². The second kappa shape index (κ2) is 9.13. The van der Waals surface area contributed by atoms with E-state index in [-0.39, 0.29) is 22.5 Å². The van der Waals surface area contributed by atoms with Gasteiger partial charge in [-0.25, -0.2) is 8.42 Å². The van der Waals surface area contributed by atoms with E-state index in [2.05, 4.69) is 5.32 Å². The number of rotatable bonds is 7. The van der Waals surface area contributed by atoms with Crippen LogP contribution >= 0.6 is 0 Å². The van der Waals surface area contributed by atoms with Crippen molar-refractivity contribution in [3.05, 3.63) is 23.8 Å². The van der Waals surface area contributed by atoms with Crippen LogP contribution in [0.2, 0.25) is 0 Å². The highest BCUT2D eigenvalue weighted by molar-refractivity contribution is 7.89. The molecule has 0 bridgehead atoms. The lowest BCUT2D eigenvalue weighted by molar-refractivity contribution is -0.122. The third kappa shape index (κ3) is 5.02. The average molecular weight is 451 g/mol. The molecule has 1 saturated carbocycles. The predicted molar refractivity (Wildman–Crippen MR) is 114 cm³/mol. The van der Waals surface area contributed by atoms with E-state index < -0.39 is 10.0 Å². The minimum Gasteiger partial charge on any atom is -0.495 e. The molecule has 31 heavy (non-hydrogen) atoms. The Hall–Kier alpha value is -2.17. The molecule has 1 aliphatic carbocycles. The highest BCUT2D eigenvalue weighted by atomic mass is 32.2. The largest absolute Gasteiger partial charge is 0.495 e. The van der Waals surface area contributed by atoms with Gasteiger partial charge in [-0.3, -0.25) is 14.5 Å². The zero-order chi connectivity index (χ0) is 22.0. The van der Waals surface area contributed by atoms with Crippen LogP contribution in [0, 0.1) is 0 Å². The third-order valence-corrected chi connectivity index (χ3v) is 7.98. The quantitative estimate of drug-likeness (QED) is 0.650. The van der Waals surface area contributed by atoms with Crippen LogP contribution in [0.3, 0.4) is 0 Å². The van der Waals surface area contributed by atoms with Crippen LogP contribution in [0.4, 0.5) is 0 Å². The van der Waals surface area contributed by atoms with Gasteiger partial charge in [0.1, 0.15) is 10.6 Å². The average Bonchev–Trinajstić information content (AvgIpc) is 3.39. The normalized spacial score (nSPS) is 20.6. The summed E-state index contributed by atoms with van der Waals surface area (Å²) in [6.45, 7) is 3.53. The molecule has 0 spiro atoms. The van der Waals surface area contributed by atoms with Gasteiger partial charge in [0.25, 0.3) is 5.91 Å². The van der Waals surface area contributed by atoms with Crippen LogP contribution in [0.15, 0.2) is 23.1 Å². The van der Waals surface area contributed by atoms with E-state index in [0.29, 0.717) is 57.4 Å².